The van der Waals surface area contributed by atoms with Crippen molar-refractivity contribution in [3.05, 3.63) is 35.4 Å². The van der Waals surface area contributed by atoms with E-state index in [0.29, 0.717) is 24.6 Å². The van der Waals surface area contributed by atoms with Crippen LogP contribution < -0.4 is 5.32 Å². The maximum Gasteiger partial charge on any atom is 0.258 e. The van der Waals surface area contributed by atoms with E-state index < -0.39 is 0 Å². The summed E-state index contributed by atoms with van der Waals surface area (Å²) in [6.07, 6.45) is 2.74. The predicted octanol–water partition coefficient (Wildman–Crippen LogP) is 2.12. The number of nitrogens with zero attached hydrogens (tertiary/aromatic N) is 3. The van der Waals surface area contributed by atoms with Crippen molar-refractivity contribution in [2.45, 2.75) is 38.2 Å². The molecule has 2 amide bonds. The molecule has 148 valence electrons. The van der Waals surface area contributed by atoms with Crippen LogP contribution in [0.4, 0.5) is 0 Å². The topological polar surface area (TPSA) is 83.4 Å². The summed E-state index contributed by atoms with van der Waals surface area (Å²) in [5.41, 5.74) is 3.34. The number of amidine groups is 1. The molecule has 7 nitrogen and oxygen atoms in total. The molecule has 0 radical (unpaired) electrons. The van der Waals surface area contributed by atoms with Gasteiger partial charge < -0.3 is 15.1 Å². The molecule has 0 aliphatic carbocycles. The fraction of sp³-hybridized carbons (Fsp3) is 0.500. The fourth-order valence-electron chi connectivity index (χ4n) is 3.78. The zero-order valence-corrected chi connectivity index (χ0v) is 16.7. The number of amides is 2. The van der Waals surface area contributed by atoms with Crippen molar-refractivity contribution in [2.75, 3.05) is 25.4 Å². The van der Waals surface area contributed by atoms with Crippen LogP contribution in [-0.2, 0) is 14.4 Å². The van der Waals surface area contributed by atoms with Gasteiger partial charge in [0.1, 0.15) is 6.10 Å². The van der Waals surface area contributed by atoms with E-state index in [9.17, 15) is 9.59 Å². The molecule has 1 aromatic rings. The van der Waals surface area contributed by atoms with Gasteiger partial charge in [0.25, 0.3) is 5.91 Å². The van der Waals surface area contributed by atoms with Crippen molar-refractivity contribution < 1.29 is 14.4 Å². The van der Waals surface area contributed by atoms with Crippen molar-refractivity contribution >= 4 is 34.5 Å². The molecule has 3 heterocycles. The van der Waals surface area contributed by atoms with Gasteiger partial charge in [-0.25, -0.2) is 0 Å². The van der Waals surface area contributed by atoms with Crippen molar-refractivity contribution in [1.29, 1.82) is 0 Å². The van der Waals surface area contributed by atoms with Crippen LogP contribution in [0.1, 0.15) is 43.2 Å². The zero-order valence-electron chi connectivity index (χ0n) is 15.9. The lowest BCUT2D eigenvalue weighted by Crippen LogP contribution is -2.35. The quantitative estimate of drug-likeness (QED) is 0.837. The lowest BCUT2D eigenvalue weighted by atomic mass is 9.88. The molecule has 1 aromatic carbocycles. The number of thioether (sulfide) groups is 1. The minimum atomic E-state index is -0.0915. The van der Waals surface area contributed by atoms with Crippen LogP contribution in [0, 0.1) is 0 Å². The standard InChI is InChI=1S/C20H24N4O3S/c1-13(25)21-11-17-10-18(23-27-17)16-4-2-14(3-5-16)15-6-8-24(9-7-15)20-22-19(26)12-28-20/h2-5,15,17H,6-12H2,1H3,(H,21,25). The summed E-state index contributed by atoms with van der Waals surface area (Å²) in [7, 11) is 0. The lowest BCUT2D eigenvalue weighted by Gasteiger charge is -2.33. The molecule has 1 unspecified atom stereocenters. The average Bonchev–Trinajstić information content (AvgIpc) is 3.36. The van der Waals surface area contributed by atoms with E-state index in [2.05, 4.69) is 44.6 Å². The van der Waals surface area contributed by atoms with Gasteiger partial charge in [-0.1, -0.05) is 41.2 Å². The smallest absolute Gasteiger partial charge is 0.258 e. The molecule has 0 saturated carbocycles. The summed E-state index contributed by atoms with van der Waals surface area (Å²) in [6.45, 7) is 3.86. The Hall–Kier alpha value is -2.35. The Balaban J connectivity index is 1.30. The molecule has 3 aliphatic heterocycles. The van der Waals surface area contributed by atoms with Gasteiger partial charge in [0, 0.05) is 26.4 Å². The number of oxime groups is 1. The van der Waals surface area contributed by atoms with E-state index in [4.69, 9.17) is 4.84 Å². The van der Waals surface area contributed by atoms with Gasteiger partial charge >= 0.3 is 0 Å². The average molecular weight is 401 g/mol. The first-order valence-corrected chi connectivity index (χ1v) is 10.6. The highest BCUT2D eigenvalue weighted by Gasteiger charge is 2.27. The third-order valence-electron chi connectivity index (χ3n) is 5.34. The summed E-state index contributed by atoms with van der Waals surface area (Å²) < 4.78 is 0. The second-order valence-corrected chi connectivity index (χ2v) is 8.31. The molecular weight excluding hydrogens is 376 g/mol. The molecule has 0 spiro atoms. The molecule has 28 heavy (non-hydrogen) atoms. The van der Waals surface area contributed by atoms with Gasteiger partial charge in [-0.05, 0) is 29.9 Å². The summed E-state index contributed by atoms with van der Waals surface area (Å²) in [6, 6.07) is 8.59. The van der Waals surface area contributed by atoms with E-state index in [-0.39, 0.29) is 17.9 Å². The molecule has 0 aromatic heterocycles. The maximum atomic E-state index is 11.3. The second-order valence-electron chi connectivity index (χ2n) is 7.37. The Morgan fingerprint density at radius 2 is 2.04 bits per heavy atom. The number of hydrogen-bond acceptors (Lipinski definition) is 6. The minimum absolute atomic E-state index is 0.0177. The van der Waals surface area contributed by atoms with Crippen LogP contribution in [0.5, 0.6) is 0 Å². The van der Waals surface area contributed by atoms with Gasteiger partial charge in [-0.15, -0.1) is 0 Å². The van der Waals surface area contributed by atoms with Crippen LogP contribution in [0.15, 0.2) is 34.4 Å². The first-order valence-electron chi connectivity index (χ1n) is 9.65. The number of hydrogen-bond donors (Lipinski definition) is 1. The first-order chi connectivity index (χ1) is 13.6. The van der Waals surface area contributed by atoms with Crippen molar-refractivity contribution in [3.8, 4) is 0 Å². The highest BCUT2D eigenvalue weighted by molar-refractivity contribution is 8.14. The predicted molar refractivity (Wildman–Crippen MR) is 110 cm³/mol. The number of likely N-dealkylation sites (tertiary alicyclic amines) is 1. The first kappa shape index (κ1) is 19.0. The van der Waals surface area contributed by atoms with Gasteiger partial charge in [0.2, 0.25) is 5.91 Å². The monoisotopic (exact) mass is 400 g/mol. The normalized spacial score (nSPS) is 22.7. The van der Waals surface area contributed by atoms with Crippen LogP contribution in [0.3, 0.4) is 0 Å². The van der Waals surface area contributed by atoms with E-state index in [1.807, 2.05) is 0 Å². The van der Waals surface area contributed by atoms with Gasteiger partial charge in [0.05, 0.1) is 18.0 Å². The Kier molecular flexibility index (Phi) is 5.66. The zero-order chi connectivity index (χ0) is 19.5. The largest absolute Gasteiger partial charge is 0.390 e. The minimum Gasteiger partial charge on any atom is -0.390 e. The van der Waals surface area contributed by atoms with Gasteiger partial charge in [-0.3, -0.25) is 9.59 Å². The van der Waals surface area contributed by atoms with Gasteiger partial charge in [-0.2, -0.15) is 4.99 Å². The van der Waals surface area contributed by atoms with Crippen LogP contribution in [0.25, 0.3) is 0 Å². The molecule has 1 atom stereocenters. The molecule has 3 aliphatic rings. The highest BCUT2D eigenvalue weighted by atomic mass is 32.2. The van der Waals surface area contributed by atoms with Gasteiger partial charge in [0.15, 0.2) is 5.17 Å². The second kappa shape index (κ2) is 8.34. The summed E-state index contributed by atoms with van der Waals surface area (Å²) >= 11 is 1.55. The Bertz CT molecular complexity index is 813. The van der Waals surface area contributed by atoms with Crippen molar-refractivity contribution in [3.63, 3.8) is 0 Å². The van der Waals surface area contributed by atoms with Crippen LogP contribution >= 0.6 is 11.8 Å². The molecule has 8 heteroatoms. The molecule has 1 N–H and O–H groups in total. The van der Waals surface area contributed by atoms with E-state index in [1.54, 1.807) is 11.8 Å². The Morgan fingerprint density at radius 1 is 1.29 bits per heavy atom. The van der Waals surface area contributed by atoms with Crippen molar-refractivity contribution in [1.82, 2.24) is 10.2 Å². The number of carbonyl (C=O) groups is 2. The highest BCUT2D eigenvalue weighted by Crippen LogP contribution is 2.31. The third kappa shape index (κ3) is 4.38. The van der Waals surface area contributed by atoms with Crippen LogP contribution in [0.2, 0.25) is 0 Å². The van der Waals surface area contributed by atoms with Crippen LogP contribution in [-0.4, -0.2) is 59.1 Å². The molecule has 1 saturated heterocycles. The summed E-state index contributed by atoms with van der Waals surface area (Å²) in [4.78, 5) is 34.1. The molecule has 0 bridgehead atoms. The number of nitrogens with one attached hydrogen (secondary N) is 1. The Labute approximate surface area is 168 Å². The lowest BCUT2D eigenvalue weighted by molar-refractivity contribution is -0.119. The van der Waals surface area contributed by atoms with E-state index >= 15 is 0 Å². The number of rotatable bonds is 4. The van der Waals surface area contributed by atoms with Crippen molar-refractivity contribution in [2.24, 2.45) is 10.1 Å². The molecule has 4 rings (SSSR count). The number of benzene rings is 1. The number of carbonyl (C=O) groups excluding carboxylic acids is 2. The van der Waals surface area contributed by atoms with E-state index in [0.717, 1.165) is 42.4 Å². The van der Waals surface area contributed by atoms with E-state index in [1.165, 1.54) is 12.5 Å². The number of piperidine rings is 1. The fourth-order valence-corrected chi connectivity index (χ4v) is 4.63. The molecular formula is C20H24N4O3S. The Morgan fingerprint density at radius 3 is 2.68 bits per heavy atom. The SMILES string of the molecule is CC(=O)NCC1CC(c2ccc(C3CCN(C4=NC(=O)CS4)CC3)cc2)=NO1. The third-order valence-corrected chi connectivity index (χ3v) is 6.34. The number of aliphatic imine (C=N–C) groups is 1. The molecule has 1 fully saturated rings. The summed E-state index contributed by atoms with van der Waals surface area (Å²) in [5.74, 6) is 0.937. The maximum absolute atomic E-state index is 11.3. The summed E-state index contributed by atoms with van der Waals surface area (Å²) in [5, 5.41) is 7.85.